The lowest BCUT2D eigenvalue weighted by Gasteiger charge is -2.17. The third-order valence-corrected chi connectivity index (χ3v) is 3.07. The molecule has 2 aromatic heterocycles. The zero-order valence-corrected chi connectivity index (χ0v) is 10.8. The number of pyridine rings is 1. The minimum Gasteiger partial charge on any atom is -0.350 e. The highest BCUT2D eigenvalue weighted by Gasteiger charge is 2.19. The summed E-state index contributed by atoms with van der Waals surface area (Å²) >= 11 is 1.20. The molecule has 98 valence electrons. The molecule has 0 aromatic carbocycles. The highest BCUT2D eigenvalue weighted by atomic mass is 32.1. The van der Waals surface area contributed by atoms with Gasteiger partial charge in [-0.2, -0.15) is 5.01 Å². The average Bonchev–Trinajstić information content (AvgIpc) is 2.82. The van der Waals surface area contributed by atoms with E-state index in [0.29, 0.717) is 5.13 Å². The molecule has 0 aliphatic rings. The fourth-order valence-electron chi connectivity index (χ4n) is 1.30. The summed E-state index contributed by atoms with van der Waals surface area (Å²) in [5.41, 5.74) is 8.51. The van der Waals surface area contributed by atoms with Crippen LogP contribution in [-0.2, 0) is 0 Å². The smallest absolute Gasteiger partial charge is 0.340 e. The van der Waals surface area contributed by atoms with Crippen molar-refractivity contribution >= 4 is 28.4 Å². The van der Waals surface area contributed by atoms with Gasteiger partial charge in [0.1, 0.15) is 5.69 Å². The number of urea groups is 1. The number of anilines is 1. The molecule has 0 radical (unpaired) electrons. The minimum atomic E-state index is -0.821. The van der Waals surface area contributed by atoms with Crippen LogP contribution < -0.4 is 16.2 Å². The van der Waals surface area contributed by atoms with Gasteiger partial charge in [0, 0.05) is 11.6 Å². The van der Waals surface area contributed by atoms with Gasteiger partial charge in [-0.05, 0) is 19.1 Å². The number of hydrogen-bond donors (Lipinski definition) is 2. The van der Waals surface area contributed by atoms with Crippen LogP contribution >= 0.6 is 11.3 Å². The van der Waals surface area contributed by atoms with E-state index >= 15 is 0 Å². The van der Waals surface area contributed by atoms with Gasteiger partial charge in [0.25, 0.3) is 5.91 Å². The Labute approximate surface area is 113 Å². The van der Waals surface area contributed by atoms with Crippen LogP contribution in [0.4, 0.5) is 9.93 Å². The number of aryl methyl sites for hydroxylation is 1. The zero-order chi connectivity index (χ0) is 13.8. The van der Waals surface area contributed by atoms with Crippen molar-refractivity contribution in [3.63, 3.8) is 0 Å². The van der Waals surface area contributed by atoms with E-state index in [2.05, 4.69) is 15.4 Å². The van der Waals surface area contributed by atoms with Crippen molar-refractivity contribution in [2.45, 2.75) is 6.92 Å². The number of carbonyl (C=O) groups excluding carboxylic acids is 2. The second-order valence-electron chi connectivity index (χ2n) is 3.60. The van der Waals surface area contributed by atoms with Gasteiger partial charge >= 0.3 is 6.03 Å². The van der Waals surface area contributed by atoms with Crippen molar-refractivity contribution in [2.75, 3.05) is 5.01 Å². The SMILES string of the molecule is Cc1csc(N(NC(=O)c2ccccn2)C(N)=O)n1. The maximum absolute atomic E-state index is 11.9. The third-order valence-electron chi connectivity index (χ3n) is 2.13. The molecule has 0 fully saturated rings. The van der Waals surface area contributed by atoms with Crippen LogP contribution in [0.5, 0.6) is 0 Å². The number of nitrogens with one attached hydrogen (secondary N) is 1. The van der Waals surface area contributed by atoms with Crippen LogP contribution in [0.25, 0.3) is 0 Å². The number of rotatable bonds is 2. The Morgan fingerprint density at radius 1 is 1.42 bits per heavy atom. The van der Waals surface area contributed by atoms with Gasteiger partial charge in [0.2, 0.25) is 5.13 Å². The largest absolute Gasteiger partial charge is 0.350 e. The number of hydrazine groups is 1. The summed E-state index contributed by atoms with van der Waals surface area (Å²) in [5.74, 6) is -0.535. The standard InChI is InChI=1S/C11H11N5O2S/c1-7-6-19-11(14-7)16(10(12)18)15-9(17)8-4-2-3-5-13-8/h2-6H,1H3,(H2,12,18)(H,15,17). The van der Waals surface area contributed by atoms with E-state index < -0.39 is 11.9 Å². The van der Waals surface area contributed by atoms with Gasteiger partial charge in [-0.3, -0.25) is 15.2 Å². The summed E-state index contributed by atoms with van der Waals surface area (Å²) in [5, 5.41) is 2.95. The number of hydrogen-bond acceptors (Lipinski definition) is 5. The highest BCUT2D eigenvalue weighted by molar-refractivity contribution is 7.14. The van der Waals surface area contributed by atoms with Gasteiger partial charge in [0.15, 0.2) is 0 Å². The first-order chi connectivity index (χ1) is 9.08. The molecule has 7 nitrogen and oxygen atoms in total. The van der Waals surface area contributed by atoms with Crippen LogP contribution in [-0.4, -0.2) is 21.9 Å². The first-order valence-corrected chi connectivity index (χ1v) is 6.19. The van der Waals surface area contributed by atoms with Crippen LogP contribution in [0.3, 0.4) is 0 Å². The molecule has 3 amide bonds. The minimum absolute atomic E-state index is 0.182. The van der Waals surface area contributed by atoms with E-state index in [1.807, 2.05) is 0 Å². The molecule has 0 unspecified atom stereocenters. The first kappa shape index (κ1) is 13.0. The molecule has 3 N–H and O–H groups in total. The van der Waals surface area contributed by atoms with Crippen molar-refractivity contribution in [3.8, 4) is 0 Å². The van der Waals surface area contributed by atoms with Crippen molar-refractivity contribution < 1.29 is 9.59 Å². The molecule has 0 saturated heterocycles. The number of primary amides is 1. The Balaban J connectivity index is 2.18. The molecule has 0 aliphatic heterocycles. The Morgan fingerprint density at radius 3 is 2.74 bits per heavy atom. The van der Waals surface area contributed by atoms with Crippen molar-refractivity contribution in [1.82, 2.24) is 15.4 Å². The van der Waals surface area contributed by atoms with Gasteiger partial charge in [-0.1, -0.05) is 6.07 Å². The van der Waals surface area contributed by atoms with E-state index in [4.69, 9.17) is 5.73 Å². The lowest BCUT2D eigenvalue weighted by molar-refractivity contribution is 0.0946. The maximum atomic E-state index is 11.9. The van der Waals surface area contributed by atoms with Crippen LogP contribution in [0.2, 0.25) is 0 Å². The molecular formula is C11H11N5O2S. The number of carbonyl (C=O) groups is 2. The van der Waals surface area contributed by atoms with Crippen molar-refractivity contribution in [2.24, 2.45) is 5.73 Å². The summed E-state index contributed by atoms with van der Waals surface area (Å²) < 4.78 is 0. The van der Waals surface area contributed by atoms with Crippen LogP contribution in [0.1, 0.15) is 16.2 Å². The fraction of sp³-hybridized carbons (Fsp3) is 0.0909. The number of nitrogens with two attached hydrogens (primary N) is 1. The molecule has 2 rings (SSSR count). The monoisotopic (exact) mass is 277 g/mol. The maximum Gasteiger partial charge on any atom is 0.340 e. The molecule has 0 bridgehead atoms. The molecule has 0 spiro atoms. The summed E-state index contributed by atoms with van der Waals surface area (Å²) in [6, 6.07) is 4.07. The lowest BCUT2D eigenvalue weighted by atomic mass is 10.3. The second-order valence-corrected chi connectivity index (χ2v) is 4.44. The van der Waals surface area contributed by atoms with E-state index in [-0.39, 0.29) is 5.69 Å². The number of thiazole rings is 1. The normalized spacial score (nSPS) is 9.95. The Kier molecular flexibility index (Phi) is 3.71. The first-order valence-electron chi connectivity index (χ1n) is 5.31. The number of amides is 3. The van der Waals surface area contributed by atoms with Crippen LogP contribution in [0, 0.1) is 6.92 Å². The highest BCUT2D eigenvalue weighted by Crippen LogP contribution is 2.18. The lowest BCUT2D eigenvalue weighted by Crippen LogP contribution is -2.49. The average molecular weight is 277 g/mol. The number of aromatic nitrogens is 2. The van der Waals surface area contributed by atoms with Gasteiger partial charge < -0.3 is 5.73 Å². The molecular weight excluding hydrogens is 266 g/mol. The molecule has 8 heteroatoms. The Bertz CT molecular complexity index is 598. The predicted octanol–water partition coefficient (Wildman–Crippen LogP) is 1.08. The van der Waals surface area contributed by atoms with Gasteiger partial charge in [-0.25, -0.2) is 9.78 Å². The van der Waals surface area contributed by atoms with Crippen molar-refractivity contribution in [3.05, 3.63) is 41.2 Å². The number of nitrogens with zero attached hydrogens (tertiary/aromatic N) is 3. The topological polar surface area (TPSA) is 101 Å². The molecule has 0 saturated carbocycles. The van der Waals surface area contributed by atoms with Crippen LogP contribution in [0.15, 0.2) is 29.8 Å². The van der Waals surface area contributed by atoms with E-state index in [0.717, 1.165) is 10.7 Å². The van der Waals surface area contributed by atoms with E-state index in [1.165, 1.54) is 23.6 Å². The van der Waals surface area contributed by atoms with E-state index in [9.17, 15) is 9.59 Å². The van der Waals surface area contributed by atoms with E-state index in [1.54, 1.807) is 24.4 Å². The molecule has 2 heterocycles. The summed E-state index contributed by atoms with van der Waals surface area (Å²) in [7, 11) is 0. The molecule has 19 heavy (non-hydrogen) atoms. The van der Waals surface area contributed by atoms with Gasteiger partial charge in [-0.15, -0.1) is 11.3 Å². The quantitative estimate of drug-likeness (QED) is 0.802. The zero-order valence-electron chi connectivity index (χ0n) is 10.0. The molecule has 0 aliphatic carbocycles. The summed E-state index contributed by atoms with van der Waals surface area (Å²) in [4.78, 5) is 31.2. The Hall–Kier alpha value is -2.48. The second kappa shape index (κ2) is 5.44. The molecule has 2 aromatic rings. The fourth-order valence-corrected chi connectivity index (χ4v) is 2.06. The van der Waals surface area contributed by atoms with Crippen molar-refractivity contribution in [1.29, 1.82) is 0 Å². The molecule has 0 atom stereocenters. The summed E-state index contributed by atoms with van der Waals surface area (Å²) in [6.07, 6.45) is 1.48. The summed E-state index contributed by atoms with van der Waals surface area (Å²) in [6.45, 7) is 1.78. The third kappa shape index (κ3) is 3.05. The predicted molar refractivity (Wildman–Crippen MR) is 70.6 cm³/mol. The van der Waals surface area contributed by atoms with Gasteiger partial charge in [0.05, 0.1) is 5.69 Å². The Morgan fingerprint density at radius 2 is 2.21 bits per heavy atom.